The number of hydrogen-bond donors (Lipinski definition) is 2. The Morgan fingerprint density at radius 2 is 1.90 bits per heavy atom. The number of carboxylic acids is 1. The minimum atomic E-state index is -0.764. The number of likely N-dealkylation sites (tertiary alicyclic amines) is 1. The third-order valence-corrected chi connectivity index (χ3v) is 4.55. The molecule has 0 aromatic rings. The zero-order valence-electron chi connectivity index (χ0n) is 12.1. The van der Waals surface area contributed by atoms with Crippen molar-refractivity contribution in [2.45, 2.75) is 32.6 Å². The van der Waals surface area contributed by atoms with E-state index in [1.807, 2.05) is 0 Å². The molecule has 0 unspecified atom stereocenters. The predicted octanol–water partition coefficient (Wildman–Crippen LogP) is 1.31. The van der Waals surface area contributed by atoms with Crippen molar-refractivity contribution in [1.29, 1.82) is 0 Å². The SMILES string of the molecule is CC1(C(=O)O)CCN(C(=O)NCC2CCOCC2)CC1. The van der Waals surface area contributed by atoms with E-state index in [0.29, 0.717) is 38.4 Å². The lowest BCUT2D eigenvalue weighted by Crippen LogP contribution is -2.49. The summed E-state index contributed by atoms with van der Waals surface area (Å²) in [5, 5.41) is 12.1. The van der Waals surface area contributed by atoms with Crippen molar-refractivity contribution >= 4 is 12.0 Å². The summed E-state index contributed by atoms with van der Waals surface area (Å²) < 4.78 is 5.29. The number of ether oxygens (including phenoxy) is 1. The third kappa shape index (κ3) is 3.62. The van der Waals surface area contributed by atoms with Crippen LogP contribution in [-0.2, 0) is 9.53 Å². The van der Waals surface area contributed by atoms with Crippen molar-refractivity contribution in [3.05, 3.63) is 0 Å². The van der Waals surface area contributed by atoms with Gasteiger partial charge in [-0.05, 0) is 38.5 Å². The van der Waals surface area contributed by atoms with Gasteiger partial charge in [0.2, 0.25) is 0 Å². The predicted molar refractivity (Wildman–Crippen MR) is 73.5 cm³/mol. The topological polar surface area (TPSA) is 78.9 Å². The Kier molecular flexibility index (Phi) is 4.86. The molecule has 6 heteroatoms. The molecule has 0 aromatic heterocycles. The zero-order valence-corrected chi connectivity index (χ0v) is 12.1. The summed E-state index contributed by atoms with van der Waals surface area (Å²) >= 11 is 0. The molecule has 2 rings (SSSR count). The standard InChI is InChI=1S/C14H24N2O4/c1-14(12(17)18)4-6-16(7-5-14)13(19)15-10-11-2-8-20-9-3-11/h11H,2-10H2,1H3,(H,15,19)(H,17,18). The number of nitrogens with one attached hydrogen (secondary N) is 1. The monoisotopic (exact) mass is 284 g/mol. The molecule has 114 valence electrons. The number of amides is 2. The van der Waals surface area contributed by atoms with Gasteiger partial charge in [0, 0.05) is 32.8 Å². The maximum Gasteiger partial charge on any atom is 0.317 e. The fourth-order valence-electron chi connectivity index (χ4n) is 2.71. The first-order valence-corrected chi connectivity index (χ1v) is 7.35. The van der Waals surface area contributed by atoms with E-state index in [-0.39, 0.29) is 6.03 Å². The van der Waals surface area contributed by atoms with Crippen LogP contribution < -0.4 is 5.32 Å². The molecular weight excluding hydrogens is 260 g/mol. The Morgan fingerprint density at radius 1 is 1.30 bits per heavy atom. The average molecular weight is 284 g/mol. The second-order valence-corrected chi connectivity index (χ2v) is 6.09. The van der Waals surface area contributed by atoms with Crippen molar-refractivity contribution in [3.8, 4) is 0 Å². The smallest absolute Gasteiger partial charge is 0.317 e. The van der Waals surface area contributed by atoms with Crippen molar-refractivity contribution in [2.24, 2.45) is 11.3 Å². The summed E-state index contributed by atoms with van der Waals surface area (Å²) in [4.78, 5) is 24.9. The number of piperidine rings is 1. The Balaban J connectivity index is 1.73. The summed E-state index contributed by atoms with van der Waals surface area (Å²) in [5.41, 5.74) is -0.683. The van der Waals surface area contributed by atoms with E-state index in [1.54, 1.807) is 11.8 Å². The van der Waals surface area contributed by atoms with Crippen LogP contribution in [0.4, 0.5) is 4.79 Å². The molecule has 6 nitrogen and oxygen atoms in total. The van der Waals surface area contributed by atoms with Crippen LogP contribution in [0.3, 0.4) is 0 Å². The summed E-state index contributed by atoms with van der Waals surface area (Å²) in [6.07, 6.45) is 3.04. The van der Waals surface area contributed by atoms with Crippen LogP contribution >= 0.6 is 0 Å². The largest absolute Gasteiger partial charge is 0.481 e. The van der Waals surface area contributed by atoms with Crippen molar-refractivity contribution in [3.63, 3.8) is 0 Å². The normalized spacial score (nSPS) is 23.4. The first kappa shape index (κ1) is 15.1. The van der Waals surface area contributed by atoms with E-state index in [4.69, 9.17) is 9.84 Å². The van der Waals surface area contributed by atoms with E-state index in [9.17, 15) is 9.59 Å². The van der Waals surface area contributed by atoms with E-state index in [1.165, 1.54) is 0 Å². The fraction of sp³-hybridized carbons (Fsp3) is 0.857. The number of nitrogens with zero attached hydrogens (tertiary/aromatic N) is 1. The summed E-state index contributed by atoms with van der Waals surface area (Å²) in [6.45, 7) is 5.04. The Morgan fingerprint density at radius 3 is 2.45 bits per heavy atom. The molecule has 0 aromatic carbocycles. The summed E-state index contributed by atoms with van der Waals surface area (Å²) in [6, 6.07) is -0.0658. The molecule has 0 bridgehead atoms. The van der Waals surface area contributed by atoms with Crippen molar-refractivity contribution < 1.29 is 19.4 Å². The number of carbonyl (C=O) groups is 2. The first-order valence-electron chi connectivity index (χ1n) is 7.35. The van der Waals surface area contributed by atoms with E-state index in [2.05, 4.69) is 5.32 Å². The van der Waals surface area contributed by atoms with Crippen LogP contribution in [0.15, 0.2) is 0 Å². The quantitative estimate of drug-likeness (QED) is 0.819. The Labute approximate surface area is 119 Å². The highest BCUT2D eigenvalue weighted by Crippen LogP contribution is 2.30. The minimum Gasteiger partial charge on any atom is -0.481 e. The van der Waals surface area contributed by atoms with Crippen LogP contribution in [-0.4, -0.2) is 54.9 Å². The number of carboxylic acid groups (broad SMARTS) is 1. The van der Waals surface area contributed by atoms with Crippen LogP contribution in [0.1, 0.15) is 32.6 Å². The zero-order chi connectivity index (χ0) is 14.6. The highest BCUT2D eigenvalue weighted by atomic mass is 16.5. The van der Waals surface area contributed by atoms with Gasteiger partial charge < -0.3 is 20.1 Å². The highest BCUT2D eigenvalue weighted by molar-refractivity contribution is 5.76. The lowest BCUT2D eigenvalue weighted by molar-refractivity contribution is -0.150. The van der Waals surface area contributed by atoms with Gasteiger partial charge in [-0.25, -0.2) is 4.79 Å². The van der Waals surface area contributed by atoms with Gasteiger partial charge in [-0.3, -0.25) is 4.79 Å². The maximum atomic E-state index is 12.1. The van der Waals surface area contributed by atoms with Gasteiger partial charge in [0.15, 0.2) is 0 Å². The number of urea groups is 1. The van der Waals surface area contributed by atoms with Gasteiger partial charge >= 0.3 is 12.0 Å². The highest BCUT2D eigenvalue weighted by Gasteiger charge is 2.38. The summed E-state index contributed by atoms with van der Waals surface area (Å²) in [7, 11) is 0. The lowest BCUT2D eigenvalue weighted by Gasteiger charge is -2.36. The molecule has 2 amide bonds. The fourth-order valence-corrected chi connectivity index (χ4v) is 2.71. The number of carbonyl (C=O) groups excluding carboxylic acids is 1. The third-order valence-electron chi connectivity index (χ3n) is 4.55. The number of rotatable bonds is 3. The number of aliphatic carboxylic acids is 1. The Bertz CT molecular complexity index is 358. The number of hydrogen-bond acceptors (Lipinski definition) is 3. The van der Waals surface area contributed by atoms with Crippen LogP contribution in [0, 0.1) is 11.3 Å². The second-order valence-electron chi connectivity index (χ2n) is 6.09. The molecule has 2 aliphatic heterocycles. The van der Waals surface area contributed by atoms with Gasteiger partial charge in [-0.1, -0.05) is 0 Å². The molecule has 2 heterocycles. The van der Waals surface area contributed by atoms with Gasteiger partial charge in [-0.15, -0.1) is 0 Å². The van der Waals surface area contributed by atoms with Crippen molar-refractivity contribution in [1.82, 2.24) is 10.2 Å². The molecule has 2 fully saturated rings. The van der Waals surface area contributed by atoms with Crippen LogP contribution in [0.5, 0.6) is 0 Å². The van der Waals surface area contributed by atoms with E-state index >= 15 is 0 Å². The second kappa shape index (κ2) is 6.43. The maximum absolute atomic E-state index is 12.1. The molecule has 0 aliphatic carbocycles. The van der Waals surface area contributed by atoms with Crippen molar-refractivity contribution in [2.75, 3.05) is 32.8 Å². The van der Waals surface area contributed by atoms with Crippen LogP contribution in [0.25, 0.3) is 0 Å². The molecule has 2 N–H and O–H groups in total. The minimum absolute atomic E-state index is 0.0658. The molecular formula is C14H24N2O4. The van der Waals surface area contributed by atoms with E-state index in [0.717, 1.165) is 26.1 Å². The molecule has 2 aliphatic rings. The van der Waals surface area contributed by atoms with Gasteiger partial charge in [0.1, 0.15) is 0 Å². The molecule has 2 saturated heterocycles. The van der Waals surface area contributed by atoms with Crippen LogP contribution in [0.2, 0.25) is 0 Å². The average Bonchev–Trinajstić information content (AvgIpc) is 2.46. The molecule has 0 saturated carbocycles. The molecule has 0 atom stereocenters. The first-order chi connectivity index (χ1) is 9.51. The van der Waals surface area contributed by atoms with Gasteiger partial charge in [0.05, 0.1) is 5.41 Å². The van der Waals surface area contributed by atoms with Gasteiger partial charge in [-0.2, -0.15) is 0 Å². The molecule has 0 radical (unpaired) electrons. The van der Waals surface area contributed by atoms with Gasteiger partial charge in [0.25, 0.3) is 0 Å². The lowest BCUT2D eigenvalue weighted by atomic mass is 9.80. The summed E-state index contributed by atoms with van der Waals surface area (Å²) in [5.74, 6) is -0.262. The molecule has 0 spiro atoms. The molecule has 20 heavy (non-hydrogen) atoms. The van der Waals surface area contributed by atoms with E-state index < -0.39 is 11.4 Å². The Hall–Kier alpha value is -1.30.